The maximum absolute atomic E-state index is 12.0. The lowest BCUT2D eigenvalue weighted by Gasteiger charge is -2.13. The Balaban J connectivity index is 1.97. The Hall–Kier alpha value is -1.11. The molecule has 1 fully saturated rings. The number of rotatable bonds is 4. The van der Waals surface area contributed by atoms with Crippen molar-refractivity contribution in [3.8, 4) is 5.75 Å². The fourth-order valence-corrected chi connectivity index (χ4v) is 2.58. The highest BCUT2D eigenvalue weighted by atomic mass is 79.9. The minimum Gasteiger partial charge on any atom is -0.496 e. The van der Waals surface area contributed by atoms with Gasteiger partial charge in [-0.2, -0.15) is 0 Å². The fraction of sp³-hybridized carbons (Fsp3) is 0.462. The first-order valence-electron chi connectivity index (χ1n) is 6.14. The molecular weight excluding hydrogens is 312 g/mol. The van der Waals surface area contributed by atoms with E-state index in [2.05, 4.69) is 21.2 Å². The number of carbonyl (C=O) groups is 1. The van der Waals surface area contributed by atoms with Crippen LogP contribution in [-0.2, 0) is 9.53 Å². The Labute approximate surface area is 120 Å². The van der Waals surface area contributed by atoms with E-state index in [1.165, 1.54) is 0 Å². The van der Waals surface area contributed by atoms with E-state index < -0.39 is 6.10 Å². The quantitative estimate of drug-likeness (QED) is 0.885. The Morgan fingerprint density at radius 2 is 2.37 bits per heavy atom. The summed E-state index contributed by atoms with van der Waals surface area (Å²) in [4.78, 5) is 12.0. The molecule has 1 aromatic rings. The second-order valence-corrected chi connectivity index (χ2v) is 5.25. The molecule has 104 valence electrons. The van der Waals surface area contributed by atoms with Gasteiger partial charge in [-0.15, -0.1) is 0 Å². The summed E-state index contributed by atoms with van der Waals surface area (Å²) in [7, 11) is 1.59. The lowest BCUT2D eigenvalue weighted by Crippen LogP contribution is -2.29. The molecule has 19 heavy (non-hydrogen) atoms. The van der Waals surface area contributed by atoms with Crippen LogP contribution in [-0.4, -0.2) is 31.8 Å². The summed E-state index contributed by atoms with van der Waals surface area (Å²) in [6.07, 6.45) is 1.14. The third kappa shape index (κ3) is 3.46. The van der Waals surface area contributed by atoms with Crippen LogP contribution in [0.5, 0.6) is 5.75 Å². The molecule has 1 aliphatic heterocycles. The highest BCUT2D eigenvalue weighted by Gasteiger charge is 2.29. The van der Waals surface area contributed by atoms with E-state index in [9.17, 15) is 4.79 Å². The van der Waals surface area contributed by atoms with Crippen LogP contribution in [0.4, 0.5) is 5.69 Å². The van der Waals surface area contributed by atoms with Gasteiger partial charge in [-0.3, -0.25) is 4.79 Å². The van der Waals surface area contributed by atoms with Crippen molar-refractivity contribution in [2.45, 2.75) is 25.0 Å². The number of ether oxygens (including phenoxy) is 2. The molecule has 1 saturated heterocycles. The smallest absolute Gasteiger partial charge is 0.253 e. The van der Waals surface area contributed by atoms with Crippen LogP contribution < -0.4 is 15.8 Å². The Bertz CT molecular complexity index is 467. The van der Waals surface area contributed by atoms with Crippen molar-refractivity contribution in [1.82, 2.24) is 0 Å². The number of nitrogens with one attached hydrogen (secondary N) is 1. The zero-order chi connectivity index (χ0) is 13.8. The zero-order valence-corrected chi connectivity index (χ0v) is 12.3. The topological polar surface area (TPSA) is 73.6 Å². The van der Waals surface area contributed by atoms with E-state index >= 15 is 0 Å². The van der Waals surface area contributed by atoms with Crippen LogP contribution in [0.25, 0.3) is 0 Å². The highest BCUT2D eigenvalue weighted by molar-refractivity contribution is 9.10. The number of hydrogen-bond donors (Lipinski definition) is 2. The van der Waals surface area contributed by atoms with E-state index in [1.54, 1.807) is 25.3 Å². The van der Waals surface area contributed by atoms with Crippen LogP contribution >= 0.6 is 15.9 Å². The standard InChI is InChI=1S/C13H17BrN2O3/c1-18-11-4-2-8(6-10(11)14)16-13(17)12-5-3-9(7-15)19-12/h2,4,6,9,12H,3,5,7,15H2,1H3,(H,16,17)/t9-,12+/m1/s1. The highest BCUT2D eigenvalue weighted by Crippen LogP contribution is 2.28. The van der Waals surface area contributed by atoms with Crippen LogP contribution in [0, 0.1) is 0 Å². The van der Waals surface area contributed by atoms with Crippen LogP contribution in [0.2, 0.25) is 0 Å². The lowest BCUT2D eigenvalue weighted by molar-refractivity contribution is -0.126. The van der Waals surface area contributed by atoms with Crippen LogP contribution in [0.1, 0.15) is 12.8 Å². The molecule has 2 atom stereocenters. The van der Waals surface area contributed by atoms with E-state index in [4.69, 9.17) is 15.2 Å². The molecular formula is C13H17BrN2O3. The van der Waals surface area contributed by atoms with E-state index in [0.29, 0.717) is 18.7 Å². The molecule has 0 saturated carbocycles. The summed E-state index contributed by atoms with van der Waals surface area (Å²) >= 11 is 3.38. The average molecular weight is 329 g/mol. The molecule has 5 nitrogen and oxygen atoms in total. The Kier molecular flexibility index (Phi) is 4.79. The minimum atomic E-state index is -0.408. The van der Waals surface area contributed by atoms with Gasteiger partial charge in [-0.25, -0.2) is 0 Å². The van der Waals surface area contributed by atoms with Gasteiger partial charge in [0.25, 0.3) is 5.91 Å². The second-order valence-electron chi connectivity index (χ2n) is 4.40. The van der Waals surface area contributed by atoms with Gasteiger partial charge in [-0.1, -0.05) is 0 Å². The monoisotopic (exact) mass is 328 g/mol. The van der Waals surface area contributed by atoms with Crippen molar-refractivity contribution in [3.63, 3.8) is 0 Å². The summed E-state index contributed by atoms with van der Waals surface area (Å²) < 4.78 is 11.5. The first kappa shape index (κ1) is 14.3. The van der Waals surface area contributed by atoms with Gasteiger partial charge in [-0.05, 0) is 47.0 Å². The minimum absolute atomic E-state index is 0.00152. The molecule has 0 radical (unpaired) electrons. The lowest BCUT2D eigenvalue weighted by atomic mass is 10.2. The van der Waals surface area contributed by atoms with E-state index in [1.807, 2.05) is 0 Å². The van der Waals surface area contributed by atoms with Gasteiger partial charge in [0.2, 0.25) is 0 Å². The molecule has 0 bridgehead atoms. The third-order valence-corrected chi connectivity index (χ3v) is 3.70. The van der Waals surface area contributed by atoms with Gasteiger partial charge < -0.3 is 20.5 Å². The van der Waals surface area contributed by atoms with Crippen molar-refractivity contribution in [2.75, 3.05) is 19.0 Å². The number of halogens is 1. The van der Waals surface area contributed by atoms with Gasteiger partial charge in [0, 0.05) is 12.2 Å². The first-order chi connectivity index (χ1) is 9.13. The predicted molar refractivity (Wildman–Crippen MR) is 76.3 cm³/mol. The van der Waals surface area contributed by atoms with Crippen molar-refractivity contribution < 1.29 is 14.3 Å². The molecule has 6 heteroatoms. The fourth-order valence-electron chi connectivity index (χ4n) is 2.04. The molecule has 0 aromatic heterocycles. The number of hydrogen-bond acceptors (Lipinski definition) is 4. The zero-order valence-electron chi connectivity index (χ0n) is 10.7. The summed E-state index contributed by atoms with van der Waals surface area (Å²) in [5.74, 6) is 0.589. The number of benzene rings is 1. The summed E-state index contributed by atoms with van der Waals surface area (Å²) in [5, 5.41) is 2.83. The molecule has 0 unspecified atom stereocenters. The summed E-state index contributed by atoms with van der Waals surface area (Å²) in [6.45, 7) is 0.456. The summed E-state index contributed by atoms with van der Waals surface area (Å²) in [6, 6.07) is 5.38. The normalized spacial score (nSPS) is 22.3. The van der Waals surface area contributed by atoms with Crippen molar-refractivity contribution >= 4 is 27.5 Å². The van der Waals surface area contributed by atoms with Crippen LogP contribution in [0.3, 0.4) is 0 Å². The van der Waals surface area contributed by atoms with Gasteiger partial charge >= 0.3 is 0 Å². The molecule has 3 N–H and O–H groups in total. The number of carbonyl (C=O) groups excluding carboxylic acids is 1. The van der Waals surface area contributed by atoms with Crippen molar-refractivity contribution in [3.05, 3.63) is 22.7 Å². The van der Waals surface area contributed by atoms with E-state index in [-0.39, 0.29) is 12.0 Å². The number of amides is 1. The molecule has 2 rings (SSSR count). The SMILES string of the molecule is COc1ccc(NC(=O)[C@@H]2CC[C@H](CN)O2)cc1Br. The predicted octanol–water partition coefficient (Wildman–Crippen LogP) is 1.90. The van der Waals surface area contributed by atoms with Crippen molar-refractivity contribution in [2.24, 2.45) is 5.73 Å². The Morgan fingerprint density at radius 1 is 1.58 bits per heavy atom. The number of nitrogens with two attached hydrogens (primary N) is 1. The number of anilines is 1. The molecule has 1 amide bonds. The van der Waals surface area contributed by atoms with Gasteiger partial charge in [0.05, 0.1) is 17.7 Å². The maximum Gasteiger partial charge on any atom is 0.253 e. The molecule has 1 aromatic carbocycles. The maximum atomic E-state index is 12.0. The Morgan fingerprint density at radius 3 is 2.95 bits per heavy atom. The van der Waals surface area contributed by atoms with E-state index in [0.717, 1.165) is 16.6 Å². The average Bonchev–Trinajstić information content (AvgIpc) is 2.88. The second kappa shape index (κ2) is 6.36. The first-order valence-corrected chi connectivity index (χ1v) is 6.93. The molecule has 0 spiro atoms. The van der Waals surface area contributed by atoms with Crippen LogP contribution in [0.15, 0.2) is 22.7 Å². The largest absolute Gasteiger partial charge is 0.496 e. The van der Waals surface area contributed by atoms with Crippen molar-refractivity contribution in [1.29, 1.82) is 0 Å². The van der Waals surface area contributed by atoms with Gasteiger partial charge in [0.1, 0.15) is 11.9 Å². The van der Waals surface area contributed by atoms with Gasteiger partial charge in [0.15, 0.2) is 0 Å². The third-order valence-electron chi connectivity index (χ3n) is 3.08. The summed E-state index contributed by atoms with van der Waals surface area (Å²) in [5.41, 5.74) is 6.23. The molecule has 1 aliphatic rings. The molecule has 1 heterocycles. The molecule has 0 aliphatic carbocycles. The number of methoxy groups -OCH3 is 1.